The van der Waals surface area contributed by atoms with Crippen LogP contribution in [-0.2, 0) is 4.74 Å². The topological polar surface area (TPSA) is 12.5 Å². The number of ether oxygens (including phenoxy) is 1. The second-order valence-corrected chi connectivity index (χ2v) is 4.21. The quantitative estimate of drug-likeness (QED) is 0.351. The maximum Gasteiger partial charge on any atom is 0.0593 e. The highest BCUT2D eigenvalue weighted by Gasteiger charge is 2.20. The van der Waals surface area contributed by atoms with Crippen LogP contribution < -0.4 is 0 Å². The standard InChI is InChI=1S/C11H20ClNO/c1-13(7-3-2-6-12)8-9-14-10-11-4-5-11/h2-3,11H,4-10H2,1H3. The molecule has 0 aromatic rings. The van der Waals surface area contributed by atoms with Crippen molar-refractivity contribution in [1.82, 2.24) is 4.90 Å². The highest BCUT2D eigenvalue weighted by atomic mass is 35.5. The van der Waals surface area contributed by atoms with Crippen LogP contribution in [0.25, 0.3) is 0 Å². The third kappa shape index (κ3) is 6.41. The molecule has 0 N–H and O–H groups in total. The molecule has 14 heavy (non-hydrogen) atoms. The van der Waals surface area contributed by atoms with Gasteiger partial charge in [-0.2, -0.15) is 0 Å². The van der Waals surface area contributed by atoms with Crippen molar-refractivity contribution in [1.29, 1.82) is 0 Å². The van der Waals surface area contributed by atoms with E-state index < -0.39 is 0 Å². The average Bonchev–Trinajstić information content (AvgIpc) is 2.97. The zero-order chi connectivity index (χ0) is 10.2. The summed E-state index contributed by atoms with van der Waals surface area (Å²) in [5, 5.41) is 0. The minimum absolute atomic E-state index is 0.603. The van der Waals surface area contributed by atoms with Gasteiger partial charge in [0.2, 0.25) is 0 Å². The summed E-state index contributed by atoms with van der Waals surface area (Å²) in [6, 6.07) is 0. The zero-order valence-electron chi connectivity index (χ0n) is 8.92. The summed E-state index contributed by atoms with van der Waals surface area (Å²) >= 11 is 5.52. The highest BCUT2D eigenvalue weighted by molar-refractivity contribution is 6.18. The summed E-state index contributed by atoms with van der Waals surface area (Å²) in [5.74, 6) is 1.47. The van der Waals surface area contributed by atoms with Gasteiger partial charge in [0, 0.05) is 25.6 Å². The summed E-state index contributed by atoms with van der Waals surface area (Å²) < 4.78 is 5.54. The Hall–Kier alpha value is -0.0500. The fourth-order valence-electron chi connectivity index (χ4n) is 1.16. The number of nitrogens with zero attached hydrogens (tertiary/aromatic N) is 1. The van der Waals surface area contributed by atoms with Crippen LogP contribution in [0.15, 0.2) is 12.2 Å². The molecule has 82 valence electrons. The zero-order valence-corrected chi connectivity index (χ0v) is 9.67. The van der Waals surface area contributed by atoms with Crippen LogP contribution in [0.2, 0.25) is 0 Å². The van der Waals surface area contributed by atoms with Gasteiger partial charge >= 0.3 is 0 Å². The van der Waals surface area contributed by atoms with Crippen molar-refractivity contribution in [3.63, 3.8) is 0 Å². The first-order valence-electron chi connectivity index (χ1n) is 5.30. The summed E-state index contributed by atoms with van der Waals surface area (Å²) in [4.78, 5) is 2.23. The molecular formula is C11H20ClNO. The molecule has 1 saturated carbocycles. The lowest BCUT2D eigenvalue weighted by Crippen LogP contribution is -2.23. The van der Waals surface area contributed by atoms with Crippen molar-refractivity contribution in [2.45, 2.75) is 12.8 Å². The second kappa shape index (κ2) is 7.27. The maximum absolute atomic E-state index is 5.54. The van der Waals surface area contributed by atoms with E-state index in [2.05, 4.69) is 18.0 Å². The molecule has 0 saturated heterocycles. The Morgan fingerprint density at radius 2 is 2.21 bits per heavy atom. The Balaban J connectivity index is 1.85. The van der Waals surface area contributed by atoms with Crippen molar-refractivity contribution in [3.05, 3.63) is 12.2 Å². The van der Waals surface area contributed by atoms with Crippen molar-refractivity contribution >= 4 is 11.6 Å². The largest absolute Gasteiger partial charge is 0.380 e. The molecule has 0 aromatic carbocycles. The maximum atomic E-state index is 5.54. The first-order valence-corrected chi connectivity index (χ1v) is 5.83. The predicted octanol–water partition coefficient (Wildman–Crippen LogP) is 2.14. The number of alkyl halides is 1. The van der Waals surface area contributed by atoms with E-state index in [-0.39, 0.29) is 0 Å². The number of rotatable bonds is 8. The summed E-state index contributed by atoms with van der Waals surface area (Å²) in [5.41, 5.74) is 0. The number of hydrogen-bond acceptors (Lipinski definition) is 2. The first-order chi connectivity index (χ1) is 6.83. The lowest BCUT2D eigenvalue weighted by molar-refractivity contribution is 0.106. The summed E-state index contributed by atoms with van der Waals surface area (Å²) in [7, 11) is 2.10. The van der Waals surface area contributed by atoms with Crippen LogP contribution in [0.5, 0.6) is 0 Å². The number of likely N-dealkylation sites (N-methyl/N-ethyl adjacent to an activating group) is 1. The molecule has 1 aliphatic rings. The lowest BCUT2D eigenvalue weighted by Gasteiger charge is -2.13. The molecule has 0 bridgehead atoms. The van der Waals surface area contributed by atoms with E-state index in [1.165, 1.54) is 12.8 Å². The second-order valence-electron chi connectivity index (χ2n) is 3.91. The minimum atomic E-state index is 0.603. The van der Waals surface area contributed by atoms with Crippen LogP contribution >= 0.6 is 11.6 Å². The number of allylic oxidation sites excluding steroid dienone is 1. The fourth-order valence-corrected chi connectivity index (χ4v) is 1.29. The Bertz CT molecular complexity index is 169. The molecule has 1 aliphatic carbocycles. The molecule has 0 spiro atoms. The Labute approximate surface area is 91.9 Å². The van der Waals surface area contributed by atoms with E-state index in [1.807, 2.05) is 6.08 Å². The van der Waals surface area contributed by atoms with E-state index in [0.29, 0.717) is 5.88 Å². The number of hydrogen-bond donors (Lipinski definition) is 0. The summed E-state index contributed by atoms with van der Waals surface area (Å²) in [6.45, 7) is 3.77. The molecule has 0 atom stereocenters. The predicted molar refractivity (Wildman–Crippen MR) is 60.9 cm³/mol. The minimum Gasteiger partial charge on any atom is -0.380 e. The van der Waals surface area contributed by atoms with Crippen molar-refractivity contribution in [2.24, 2.45) is 5.92 Å². The van der Waals surface area contributed by atoms with Crippen LogP contribution in [0, 0.1) is 5.92 Å². The third-order valence-electron chi connectivity index (χ3n) is 2.34. The van der Waals surface area contributed by atoms with E-state index in [4.69, 9.17) is 16.3 Å². The molecule has 3 heteroatoms. The van der Waals surface area contributed by atoms with Crippen LogP contribution in [-0.4, -0.2) is 44.1 Å². The highest BCUT2D eigenvalue weighted by Crippen LogP contribution is 2.28. The molecule has 0 radical (unpaired) electrons. The van der Waals surface area contributed by atoms with Gasteiger partial charge in [-0.15, -0.1) is 11.6 Å². The van der Waals surface area contributed by atoms with E-state index in [1.54, 1.807) is 0 Å². The molecule has 0 unspecified atom stereocenters. The van der Waals surface area contributed by atoms with Gasteiger partial charge in [0.05, 0.1) is 6.61 Å². The number of halogens is 1. The van der Waals surface area contributed by atoms with E-state index in [0.717, 1.165) is 32.2 Å². The fraction of sp³-hybridized carbons (Fsp3) is 0.818. The Kier molecular flexibility index (Phi) is 6.24. The van der Waals surface area contributed by atoms with Gasteiger partial charge < -0.3 is 9.64 Å². The van der Waals surface area contributed by atoms with Gasteiger partial charge in [-0.25, -0.2) is 0 Å². The smallest absolute Gasteiger partial charge is 0.0593 e. The molecule has 1 fully saturated rings. The summed E-state index contributed by atoms with van der Waals surface area (Å²) in [6.07, 6.45) is 6.81. The lowest BCUT2D eigenvalue weighted by atomic mass is 10.4. The van der Waals surface area contributed by atoms with Gasteiger partial charge in [-0.05, 0) is 25.8 Å². The van der Waals surface area contributed by atoms with Crippen molar-refractivity contribution in [2.75, 3.05) is 39.2 Å². The molecular weight excluding hydrogens is 198 g/mol. The monoisotopic (exact) mass is 217 g/mol. The first kappa shape index (κ1) is 12.0. The van der Waals surface area contributed by atoms with Gasteiger partial charge in [-0.1, -0.05) is 12.2 Å². The van der Waals surface area contributed by atoms with Crippen LogP contribution in [0.4, 0.5) is 0 Å². The van der Waals surface area contributed by atoms with Crippen molar-refractivity contribution in [3.8, 4) is 0 Å². The molecule has 0 heterocycles. The average molecular weight is 218 g/mol. The van der Waals surface area contributed by atoms with Crippen LogP contribution in [0.3, 0.4) is 0 Å². The van der Waals surface area contributed by atoms with Gasteiger partial charge in [-0.3, -0.25) is 0 Å². The SMILES string of the molecule is CN(CC=CCCl)CCOCC1CC1. The van der Waals surface area contributed by atoms with E-state index >= 15 is 0 Å². The molecule has 0 aromatic heterocycles. The normalized spacial score (nSPS) is 17.1. The van der Waals surface area contributed by atoms with Crippen LogP contribution in [0.1, 0.15) is 12.8 Å². The molecule has 2 nitrogen and oxygen atoms in total. The molecule has 0 aliphatic heterocycles. The van der Waals surface area contributed by atoms with Gasteiger partial charge in [0.25, 0.3) is 0 Å². The molecule has 1 rings (SSSR count). The Morgan fingerprint density at radius 1 is 1.43 bits per heavy atom. The molecule has 0 amide bonds. The van der Waals surface area contributed by atoms with Gasteiger partial charge in [0.15, 0.2) is 0 Å². The van der Waals surface area contributed by atoms with E-state index in [9.17, 15) is 0 Å². The third-order valence-corrected chi connectivity index (χ3v) is 2.52. The van der Waals surface area contributed by atoms with Crippen molar-refractivity contribution < 1.29 is 4.74 Å². The Morgan fingerprint density at radius 3 is 2.86 bits per heavy atom. The van der Waals surface area contributed by atoms with Gasteiger partial charge in [0.1, 0.15) is 0 Å².